The maximum absolute atomic E-state index is 12.6. The van der Waals surface area contributed by atoms with Crippen molar-refractivity contribution in [3.63, 3.8) is 0 Å². The average molecular weight is 992 g/mol. The van der Waals surface area contributed by atoms with Gasteiger partial charge in [-0.25, -0.2) is 0 Å². The molecule has 0 fully saturated rings. The molecule has 0 radical (unpaired) electrons. The van der Waals surface area contributed by atoms with Crippen molar-refractivity contribution in [1.29, 1.82) is 0 Å². The minimum absolute atomic E-state index is 0.114. The molecule has 7 rings (SSSR count). The number of benzene rings is 7. The molecule has 7 aromatic carbocycles. The molecule has 0 aliphatic rings. The van der Waals surface area contributed by atoms with Gasteiger partial charge in [0.1, 0.15) is 26.9 Å². The fourth-order valence-corrected chi connectivity index (χ4v) is 8.57. The molecule has 0 saturated heterocycles. The molecular formula is C46H41N9O11S3. The van der Waals surface area contributed by atoms with Crippen molar-refractivity contribution in [2.24, 2.45) is 40.9 Å². The number of ether oxygens (including phenoxy) is 1. The van der Waals surface area contributed by atoms with Crippen LogP contribution in [-0.2, 0) is 30.4 Å². The molecule has 0 amide bonds. The summed E-state index contributed by atoms with van der Waals surface area (Å²) in [6, 6.07) is 29.5. The van der Waals surface area contributed by atoms with Crippen LogP contribution in [0.15, 0.2) is 171 Å². The molecule has 0 atom stereocenters. The number of rotatable bonds is 15. The molecule has 354 valence electrons. The Bertz CT molecular complexity index is 3660. The van der Waals surface area contributed by atoms with E-state index in [0.29, 0.717) is 73.7 Å². The van der Waals surface area contributed by atoms with Crippen LogP contribution in [0.4, 0.5) is 51.2 Å². The minimum atomic E-state index is -4.93. The van der Waals surface area contributed by atoms with Crippen LogP contribution in [-0.4, -0.2) is 50.7 Å². The van der Waals surface area contributed by atoms with Gasteiger partial charge < -0.3 is 15.2 Å². The van der Waals surface area contributed by atoms with Crippen molar-refractivity contribution in [2.45, 2.75) is 49.3 Å². The highest BCUT2D eigenvalue weighted by molar-refractivity contribution is 7.87. The Morgan fingerprint density at radius 1 is 0.478 bits per heavy atom. The van der Waals surface area contributed by atoms with Crippen LogP contribution < -0.4 is 10.1 Å². The standard InChI is InChI=1S/C46H41N9O11S3/c1-26-8-6-7-9-42(26)66-25-47-32-10-14-36-31(22-32)23-44(69(63,64)65)45(46(36)56)55-54-41-21-29(4)40(20-30(41)5)53-49-34-11-15-37(27(2)18-34)50-48-33-12-16-38(28(3)19-33)51-52-39-17-13-35(67(57,58)59)24-43(39)68(60,61)62/h6-24,47,56H,25H2,1-5H3,(H,57,58,59)(H,60,61,62)(H,63,64,65). The van der Waals surface area contributed by atoms with Crippen LogP contribution >= 0.6 is 0 Å². The molecule has 0 aliphatic carbocycles. The smallest absolute Gasteiger partial charge is 0.296 e. The number of nitrogens with zero attached hydrogens (tertiary/aromatic N) is 8. The first-order chi connectivity index (χ1) is 32.5. The Balaban J connectivity index is 1.03. The number of para-hydroxylation sites is 1. The van der Waals surface area contributed by atoms with E-state index in [-0.39, 0.29) is 17.8 Å². The van der Waals surface area contributed by atoms with Crippen LogP contribution in [0.25, 0.3) is 10.8 Å². The van der Waals surface area contributed by atoms with E-state index in [0.717, 1.165) is 23.3 Å². The molecular weight excluding hydrogens is 951 g/mol. The lowest BCUT2D eigenvalue weighted by molar-refractivity contribution is 0.344. The van der Waals surface area contributed by atoms with Gasteiger partial charge in [-0.1, -0.05) is 18.2 Å². The van der Waals surface area contributed by atoms with Gasteiger partial charge in [-0.05, 0) is 165 Å². The molecule has 0 aliphatic heterocycles. The van der Waals surface area contributed by atoms with E-state index < -0.39 is 56.5 Å². The van der Waals surface area contributed by atoms with Gasteiger partial charge in [-0.2, -0.15) is 55.9 Å². The quantitative estimate of drug-likeness (QED) is 0.0364. The summed E-state index contributed by atoms with van der Waals surface area (Å²) in [6.07, 6.45) is 0. The van der Waals surface area contributed by atoms with Gasteiger partial charge in [0.15, 0.2) is 12.5 Å². The van der Waals surface area contributed by atoms with Crippen molar-refractivity contribution >= 4 is 92.3 Å². The summed E-state index contributed by atoms with van der Waals surface area (Å²) in [4.78, 5) is -2.24. The molecule has 0 saturated carbocycles. The second-order valence-corrected chi connectivity index (χ2v) is 19.7. The molecule has 0 heterocycles. The van der Waals surface area contributed by atoms with Gasteiger partial charge in [-0.15, -0.1) is 10.2 Å². The molecule has 20 nitrogen and oxygen atoms in total. The number of fused-ring (bicyclic) bond motifs is 1. The van der Waals surface area contributed by atoms with Crippen LogP contribution in [0.5, 0.6) is 11.5 Å². The van der Waals surface area contributed by atoms with Crippen molar-refractivity contribution in [3.8, 4) is 11.5 Å². The maximum Gasteiger partial charge on any atom is 0.296 e. The van der Waals surface area contributed by atoms with Gasteiger partial charge in [0, 0.05) is 11.1 Å². The largest absolute Gasteiger partial charge is 0.505 e. The highest BCUT2D eigenvalue weighted by Crippen LogP contribution is 2.43. The number of hydrogen-bond acceptors (Lipinski definition) is 17. The Kier molecular flexibility index (Phi) is 14.2. The van der Waals surface area contributed by atoms with E-state index >= 15 is 0 Å². The highest BCUT2D eigenvalue weighted by atomic mass is 32.2. The Labute approximate surface area is 396 Å². The molecule has 69 heavy (non-hydrogen) atoms. The van der Waals surface area contributed by atoms with Crippen molar-refractivity contribution in [1.82, 2.24) is 0 Å². The molecule has 0 aromatic heterocycles. The molecule has 23 heteroatoms. The van der Waals surface area contributed by atoms with Gasteiger partial charge >= 0.3 is 0 Å². The summed E-state index contributed by atoms with van der Waals surface area (Å²) >= 11 is 0. The van der Waals surface area contributed by atoms with E-state index in [1.807, 2.05) is 38.1 Å². The summed E-state index contributed by atoms with van der Waals surface area (Å²) in [7, 11) is -14.5. The fourth-order valence-electron chi connectivity index (χ4n) is 6.68. The monoisotopic (exact) mass is 991 g/mol. The molecule has 5 N–H and O–H groups in total. The van der Waals surface area contributed by atoms with E-state index in [4.69, 9.17) is 4.74 Å². The predicted octanol–water partition coefficient (Wildman–Crippen LogP) is 12.9. The Morgan fingerprint density at radius 2 is 1.00 bits per heavy atom. The minimum Gasteiger partial charge on any atom is -0.505 e. The zero-order chi connectivity index (χ0) is 49.8. The first kappa shape index (κ1) is 49.2. The average Bonchev–Trinajstić information content (AvgIpc) is 3.28. The summed E-state index contributed by atoms with van der Waals surface area (Å²) in [5, 5.41) is 48.7. The zero-order valence-electron chi connectivity index (χ0n) is 37.1. The lowest BCUT2D eigenvalue weighted by Crippen LogP contribution is -2.09. The lowest BCUT2D eigenvalue weighted by atomic mass is 10.1. The highest BCUT2D eigenvalue weighted by Gasteiger charge is 2.23. The molecule has 0 unspecified atom stereocenters. The Hall–Kier alpha value is -7.67. The van der Waals surface area contributed by atoms with Crippen molar-refractivity contribution < 1.29 is 48.8 Å². The SMILES string of the molecule is Cc1cc(N=Nc2cc(C)c(N=Nc3c(S(=O)(=O)O)cc4cc(NCOc5ccccc5C)ccc4c3O)cc2C)ccc1N=Nc1ccc(N=Nc2ccc(S(=O)(=O)O)cc2S(=O)(=O)O)c(C)c1. The molecule has 0 spiro atoms. The van der Waals surface area contributed by atoms with Crippen LogP contribution in [0.3, 0.4) is 0 Å². The third kappa shape index (κ3) is 11.9. The van der Waals surface area contributed by atoms with Crippen molar-refractivity contribution in [3.05, 3.63) is 143 Å². The first-order valence-corrected chi connectivity index (χ1v) is 24.7. The number of phenolic OH excluding ortho intramolecular Hbond substituents is 1. The van der Waals surface area contributed by atoms with E-state index in [1.165, 1.54) is 6.07 Å². The summed E-state index contributed by atoms with van der Waals surface area (Å²) < 4.78 is 107. The third-order valence-electron chi connectivity index (χ3n) is 10.4. The first-order valence-electron chi connectivity index (χ1n) is 20.3. The van der Waals surface area contributed by atoms with Crippen molar-refractivity contribution in [2.75, 3.05) is 12.0 Å². The maximum atomic E-state index is 12.6. The molecule has 7 aromatic rings. The van der Waals surface area contributed by atoms with E-state index in [9.17, 15) is 44.0 Å². The summed E-state index contributed by atoms with van der Waals surface area (Å²) in [6.45, 7) is 9.08. The number of azo groups is 4. The number of nitrogens with one attached hydrogen (secondary N) is 1. The van der Waals surface area contributed by atoms with Crippen LogP contribution in [0, 0.1) is 34.6 Å². The van der Waals surface area contributed by atoms with Crippen LogP contribution in [0.2, 0.25) is 0 Å². The number of phenols is 1. The zero-order valence-corrected chi connectivity index (χ0v) is 39.6. The number of anilines is 1. The number of aromatic hydroxyl groups is 1. The number of aryl methyl sites for hydroxylation is 5. The third-order valence-corrected chi connectivity index (χ3v) is 13.0. The summed E-state index contributed by atoms with van der Waals surface area (Å²) in [5.41, 5.74) is 5.99. The normalized spacial score (nSPS) is 12.6. The van der Waals surface area contributed by atoms with Crippen LogP contribution in [0.1, 0.15) is 27.8 Å². The fraction of sp³-hybridized carbons (Fsp3) is 0.130. The Morgan fingerprint density at radius 3 is 1.57 bits per heavy atom. The molecule has 0 bridgehead atoms. The van der Waals surface area contributed by atoms with E-state index in [1.54, 1.807) is 87.5 Å². The van der Waals surface area contributed by atoms with Gasteiger partial charge in [-0.3, -0.25) is 13.7 Å². The van der Waals surface area contributed by atoms with Gasteiger partial charge in [0.25, 0.3) is 30.4 Å². The van der Waals surface area contributed by atoms with E-state index in [2.05, 4.69) is 46.2 Å². The summed E-state index contributed by atoms with van der Waals surface area (Å²) in [5.74, 6) is 0.206. The second-order valence-electron chi connectivity index (χ2n) is 15.5. The lowest BCUT2D eigenvalue weighted by Gasteiger charge is -2.13. The number of hydrogen-bond donors (Lipinski definition) is 5. The topological polar surface area (TPSA) is 303 Å². The van der Waals surface area contributed by atoms with Gasteiger partial charge in [0.2, 0.25) is 0 Å². The second kappa shape index (κ2) is 19.9. The van der Waals surface area contributed by atoms with Gasteiger partial charge in [0.05, 0.1) is 39.0 Å². The predicted molar refractivity (Wildman–Crippen MR) is 257 cm³/mol.